The van der Waals surface area contributed by atoms with Crippen LogP contribution >= 0.6 is 0 Å². The topological polar surface area (TPSA) is 38.0 Å². The van der Waals surface area contributed by atoms with Crippen molar-refractivity contribution < 1.29 is 5.11 Å². The van der Waals surface area contributed by atoms with Crippen LogP contribution in [0, 0.1) is 0 Å². The summed E-state index contributed by atoms with van der Waals surface area (Å²) in [6.45, 7) is 0. The van der Waals surface area contributed by atoms with Crippen molar-refractivity contribution in [3.8, 4) is 0 Å². The summed E-state index contributed by atoms with van der Waals surface area (Å²) in [5, 5.41) is 13.3. The Balaban J connectivity index is 2.14. The van der Waals surface area contributed by atoms with E-state index in [9.17, 15) is 5.11 Å². The number of nitrogens with zero attached hydrogens (tertiary/aromatic N) is 2. The third-order valence-corrected chi connectivity index (χ3v) is 2.07. The van der Waals surface area contributed by atoms with Gasteiger partial charge in [-0.2, -0.15) is 5.10 Å². The number of aromatic nitrogens is 2. The van der Waals surface area contributed by atoms with E-state index in [1.165, 1.54) is 0 Å². The SMILES string of the molecule is O[C@@H]1CC[C@H]1n1cccn1. The van der Waals surface area contributed by atoms with E-state index in [4.69, 9.17) is 0 Å². The number of aliphatic hydroxyl groups excluding tert-OH is 1. The van der Waals surface area contributed by atoms with E-state index in [0.717, 1.165) is 12.8 Å². The van der Waals surface area contributed by atoms with Crippen LogP contribution in [-0.2, 0) is 0 Å². The van der Waals surface area contributed by atoms with Crippen molar-refractivity contribution in [3.05, 3.63) is 18.5 Å². The maximum Gasteiger partial charge on any atom is 0.0779 e. The first-order valence-corrected chi connectivity index (χ1v) is 3.55. The zero-order valence-electron chi connectivity index (χ0n) is 5.64. The van der Waals surface area contributed by atoms with Crippen LogP contribution in [0.3, 0.4) is 0 Å². The fourth-order valence-electron chi connectivity index (χ4n) is 1.25. The van der Waals surface area contributed by atoms with Gasteiger partial charge in [0, 0.05) is 12.4 Å². The minimum absolute atomic E-state index is 0.167. The predicted molar refractivity (Wildman–Crippen MR) is 36.5 cm³/mol. The first kappa shape index (κ1) is 5.92. The Morgan fingerprint density at radius 3 is 2.80 bits per heavy atom. The third-order valence-electron chi connectivity index (χ3n) is 2.07. The average Bonchev–Trinajstić information content (AvgIpc) is 2.37. The molecule has 1 N–H and O–H groups in total. The first-order valence-electron chi connectivity index (χ1n) is 3.55. The fraction of sp³-hybridized carbons (Fsp3) is 0.571. The molecule has 0 saturated heterocycles. The van der Waals surface area contributed by atoms with Crippen LogP contribution in [0.2, 0.25) is 0 Å². The number of hydrogen-bond donors (Lipinski definition) is 1. The molecule has 0 unspecified atom stereocenters. The quantitative estimate of drug-likeness (QED) is 0.616. The van der Waals surface area contributed by atoms with Gasteiger partial charge in [0.2, 0.25) is 0 Å². The normalized spacial score (nSPS) is 31.7. The standard InChI is InChI=1S/C7H10N2O/c10-7-3-2-6(7)9-5-1-4-8-9/h1,4-7,10H,2-3H2/t6-,7-/m1/s1. The van der Waals surface area contributed by atoms with Gasteiger partial charge >= 0.3 is 0 Å². The second kappa shape index (κ2) is 2.09. The lowest BCUT2D eigenvalue weighted by Gasteiger charge is -2.32. The monoisotopic (exact) mass is 138 g/mol. The molecule has 1 heterocycles. The van der Waals surface area contributed by atoms with Crippen LogP contribution in [-0.4, -0.2) is 21.0 Å². The lowest BCUT2D eigenvalue weighted by molar-refractivity contribution is 0.0254. The molecule has 0 bridgehead atoms. The highest BCUT2D eigenvalue weighted by Gasteiger charge is 2.30. The summed E-state index contributed by atoms with van der Waals surface area (Å²) in [4.78, 5) is 0. The van der Waals surface area contributed by atoms with E-state index in [1.54, 1.807) is 6.20 Å². The maximum absolute atomic E-state index is 9.22. The highest BCUT2D eigenvalue weighted by molar-refractivity contribution is 4.89. The molecule has 0 amide bonds. The fourth-order valence-corrected chi connectivity index (χ4v) is 1.25. The van der Waals surface area contributed by atoms with Gasteiger partial charge in [0.25, 0.3) is 0 Å². The van der Waals surface area contributed by atoms with E-state index in [0.29, 0.717) is 0 Å². The lowest BCUT2D eigenvalue weighted by atomic mass is 9.89. The van der Waals surface area contributed by atoms with Gasteiger partial charge in [-0.15, -0.1) is 0 Å². The minimum Gasteiger partial charge on any atom is -0.391 e. The first-order chi connectivity index (χ1) is 4.88. The Bertz CT molecular complexity index is 207. The molecule has 2 atom stereocenters. The van der Waals surface area contributed by atoms with E-state index < -0.39 is 0 Å². The zero-order valence-corrected chi connectivity index (χ0v) is 5.64. The molecule has 10 heavy (non-hydrogen) atoms. The zero-order chi connectivity index (χ0) is 6.97. The van der Waals surface area contributed by atoms with Crippen molar-refractivity contribution in [3.63, 3.8) is 0 Å². The molecule has 1 aliphatic rings. The second-order valence-corrected chi connectivity index (χ2v) is 2.70. The van der Waals surface area contributed by atoms with E-state index >= 15 is 0 Å². The molecule has 2 rings (SSSR count). The minimum atomic E-state index is -0.167. The van der Waals surface area contributed by atoms with Gasteiger partial charge in [0.05, 0.1) is 12.1 Å². The van der Waals surface area contributed by atoms with Gasteiger partial charge in [0.15, 0.2) is 0 Å². The van der Waals surface area contributed by atoms with Gasteiger partial charge in [-0.3, -0.25) is 4.68 Å². The van der Waals surface area contributed by atoms with Crippen molar-refractivity contribution in [2.45, 2.75) is 25.0 Å². The molecule has 1 fully saturated rings. The van der Waals surface area contributed by atoms with Gasteiger partial charge in [-0.25, -0.2) is 0 Å². The molecular weight excluding hydrogens is 128 g/mol. The Morgan fingerprint density at radius 2 is 2.40 bits per heavy atom. The molecule has 1 saturated carbocycles. The van der Waals surface area contributed by atoms with Crippen molar-refractivity contribution in [2.75, 3.05) is 0 Å². The molecule has 0 aromatic carbocycles. The predicted octanol–water partition coefficient (Wildman–Crippen LogP) is 0.579. The summed E-state index contributed by atoms with van der Waals surface area (Å²) in [7, 11) is 0. The van der Waals surface area contributed by atoms with Gasteiger partial charge in [-0.05, 0) is 18.9 Å². The van der Waals surface area contributed by atoms with Gasteiger partial charge in [-0.1, -0.05) is 0 Å². The van der Waals surface area contributed by atoms with Crippen LogP contribution in [0.25, 0.3) is 0 Å². The van der Waals surface area contributed by atoms with Gasteiger partial charge in [0.1, 0.15) is 0 Å². The van der Waals surface area contributed by atoms with Crippen LogP contribution in [0.5, 0.6) is 0 Å². The van der Waals surface area contributed by atoms with Gasteiger partial charge < -0.3 is 5.11 Å². The largest absolute Gasteiger partial charge is 0.391 e. The molecule has 1 aromatic rings. The molecular formula is C7H10N2O. The molecule has 3 nitrogen and oxygen atoms in total. The molecule has 54 valence electrons. The Kier molecular flexibility index (Phi) is 1.24. The van der Waals surface area contributed by atoms with E-state index in [1.807, 2.05) is 16.9 Å². The van der Waals surface area contributed by atoms with Crippen LogP contribution in [0.1, 0.15) is 18.9 Å². The summed E-state index contributed by atoms with van der Waals surface area (Å²) < 4.78 is 1.83. The van der Waals surface area contributed by atoms with Crippen molar-refractivity contribution in [2.24, 2.45) is 0 Å². The highest BCUT2D eigenvalue weighted by Crippen LogP contribution is 2.30. The van der Waals surface area contributed by atoms with E-state index in [2.05, 4.69) is 5.10 Å². The van der Waals surface area contributed by atoms with Crippen molar-refractivity contribution >= 4 is 0 Å². The summed E-state index contributed by atoms with van der Waals surface area (Å²) in [6.07, 6.45) is 5.45. The lowest BCUT2D eigenvalue weighted by Crippen LogP contribution is -2.33. The number of aliphatic hydroxyl groups is 1. The van der Waals surface area contributed by atoms with Crippen LogP contribution in [0.15, 0.2) is 18.5 Å². The third kappa shape index (κ3) is 0.743. The molecule has 3 heteroatoms. The summed E-state index contributed by atoms with van der Waals surface area (Å²) in [6, 6.07) is 2.13. The Labute approximate surface area is 59.3 Å². The summed E-state index contributed by atoms with van der Waals surface area (Å²) in [5.41, 5.74) is 0. The summed E-state index contributed by atoms with van der Waals surface area (Å²) >= 11 is 0. The highest BCUT2D eigenvalue weighted by atomic mass is 16.3. The number of hydrogen-bond acceptors (Lipinski definition) is 2. The van der Waals surface area contributed by atoms with Crippen molar-refractivity contribution in [1.82, 2.24) is 9.78 Å². The molecule has 0 radical (unpaired) electrons. The molecule has 0 spiro atoms. The molecule has 1 aliphatic carbocycles. The maximum atomic E-state index is 9.22. The number of rotatable bonds is 1. The van der Waals surface area contributed by atoms with Crippen LogP contribution < -0.4 is 0 Å². The van der Waals surface area contributed by atoms with E-state index in [-0.39, 0.29) is 12.1 Å². The summed E-state index contributed by atoms with van der Waals surface area (Å²) in [5.74, 6) is 0. The average molecular weight is 138 g/mol. The van der Waals surface area contributed by atoms with Crippen molar-refractivity contribution in [1.29, 1.82) is 0 Å². The molecule has 1 aromatic heterocycles. The Hall–Kier alpha value is -0.830. The Morgan fingerprint density at radius 1 is 1.50 bits per heavy atom. The second-order valence-electron chi connectivity index (χ2n) is 2.70. The molecule has 0 aliphatic heterocycles. The smallest absolute Gasteiger partial charge is 0.0779 e. The van der Waals surface area contributed by atoms with Crippen LogP contribution in [0.4, 0.5) is 0 Å².